The van der Waals surface area contributed by atoms with Crippen molar-refractivity contribution in [1.29, 1.82) is 0 Å². The van der Waals surface area contributed by atoms with Gasteiger partial charge >= 0.3 is 37.7 Å². The van der Waals surface area contributed by atoms with Gasteiger partial charge in [-0.25, -0.2) is 0 Å². The van der Waals surface area contributed by atoms with Gasteiger partial charge in [-0.2, -0.15) is 0 Å². The summed E-state index contributed by atoms with van der Waals surface area (Å²) < 4.78 is 0. The first kappa shape index (κ1) is 10.8. The van der Waals surface area contributed by atoms with Crippen LogP contribution in [0.25, 0.3) is 0 Å². The van der Waals surface area contributed by atoms with E-state index in [0.717, 1.165) is 4.90 Å². The molecule has 0 fully saturated rings. The number of benzene rings is 1. The molecule has 1 aromatic carbocycles. The van der Waals surface area contributed by atoms with E-state index in [0.29, 0.717) is 0 Å². The predicted octanol–water partition coefficient (Wildman–Crippen LogP) is 2.44. The molecule has 1 rings (SSSR count). The standard InChI is InChI=1S/C8H10S.Ca.2H/c1-6-3-4-8(9)7(2)5-6;;;/h3-5,9H,1-2H3;;;/q;+2;2*-1. The van der Waals surface area contributed by atoms with Crippen molar-refractivity contribution in [2.75, 3.05) is 0 Å². The van der Waals surface area contributed by atoms with E-state index < -0.39 is 0 Å². The minimum atomic E-state index is 0. The molecule has 0 aliphatic rings. The molecule has 0 saturated carbocycles. The Morgan fingerprint density at radius 1 is 1.30 bits per heavy atom. The third-order valence-corrected chi connectivity index (χ3v) is 1.85. The Kier molecular flexibility index (Phi) is 5.04. The van der Waals surface area contributed by atoms with E-state index in [2.05, 4.69) is 38.6 Å². The van der Waals surface area contributed by atoms with E-state index >= 15 is 0 Å². The summed E-state index contributed by atoms with van der Waals surface area (Å²) in [5, 5.41) is 0. The summed E-state index contributed by atoms with van der Waals surface area (Å²) in [6.07, 6.45) is 0. The Morgan fingerprint density at radius 2 is 1.90 bits per heavy atom. The molecule has 0 nitrogen and oxygen atoms in total. The number of hydrogen-bond donors (Lipinski definition) is 1. The zero-order valence-electron chi connectivity index (χ0n) is 8.39. The van der Waals surface area contributed by atoms with Crippen LogP contribution in [0.1, 0.15) is 14.0 Å². The van der Waals surface area contributed by atoms with Gasteiger partial charge in [0.05, 0.1) is 0 Å². The molecular weight excluding hydrogens is 168 g/mol. The SMILES string of the molecule is Cc1ccc(S)c(C)c1.[Ca+2].[H-].[H-]. The molecule has 0 saturated heterocycles. The molecule has 52 valence electrons. The summed E-state index contributed by atoms with van der Waals surface area (Å²) in [7, 11) is 0. The molecule has 10 heavy (non-hydrogen) atoms. The van der Waals surface area contributed by atoms with Gasteiger partial charge in [0.15, 0.2) is 0 Å². The Bertz CT molecular complexity index is 228. The Morgan fingerprint density at radius 3 is 2.30 bits per heavy atom. The maximum atomic E-state index is 4.25. The average Bonchev–Trinajstić information content (AvgIpc) is 1.80. The van der Waals surface area contributed by atoms with E-state index in [4.69, 9.17) is 0 Å². The Labute approximate surface area is 100 Å². The first-order valence-corrected chi connectivity index (χ1v) is 3.41. The minimum Gasteiger partial charge on any atom is -1.00 e. The van der Waals surface area contributed by atoms with Crippen molar-refractivity contribution < 1.29 is 2.85 Å². The smallest absolute Gasteiger partial charge is 1.00 e. The van der Waals surface area contributed by atoms with Crippen LogP contribution in [-0.2, 0) is 0 Å². The van der Waals surface area contributed by atoms with Crippen LogP contribution < -0.4 is 0 Å². The van der Waals surface area contributed by atoms with Crippen molar-refractivity contribution >= 4 is 50.4 Å². The van der Waals surface area contributed by atoms with Crippen molar-refractivity contribution in [2.45, 2.75) is 18.7 Å². The monoisotopic (exact) mass is 180 g/mol. The molecule has 0 aliphatic heterocycles. The van der Waals surface area contributed by atoms with Crippen LogP contribution >= 0.6 is 12.6 Å². The fraction of sp³-hybridized carbons (Fsp3) is 0.250. The van der Waals surface area contributed by atoms with E-state index in [9.17, 15) is 0 Å². The summed E-state index contributed by atoms with van der Waals surface area (Å²) >= 11 is 4.25. The van der Waals surface area contributed by atoms with Gasteiger partial charge in [-0.05, 0) is 25.5 Å². The molecule has 0 atom stereocenters. The summed E-state index contributed by atoms with van der Waals surface area (Å²) in [6, 6.07) is 6.21. The summed E-state index contributed by atoms with van der Waals surface area (Å²) in [5.74, 6) is 0. The predicted molar refractivity (Wildman–Crippen MR) is 51.1 cm³/mol. The molecule has 0 bridgehead atoms. The van der Waals surface area contributed by atoms with Gasteiger partial charge in [0.25, 0.3) is 0 Å². The number of aryl methyl sites for hydroxylation is 2. The molecule has 1 aromatic rings. The first-order valence-electron chi connectivity index (χ1n) is 2.96. The Balaban J connectivity index is -0.000000270. The molecule has 0 spiro atoms. The molecule has 0 aliphatic carbocycles. The third-order valence-electron chi connectivity index (χ3n) is 1.35. The first-order chi connectivity index (χ1) is 4.20. The topological polar surface area (TPSA) is 0 Å². The van der Waals surface area contributed by atoms with Crippen molar-refractivity contribution in [1.82, 2.24) is 0 Å². The minimum absolute atomic E-state index is 0. The molecule has 0 amide bonds. The third kappa shape index (κ3) is 2.83. The molecular formula is C8H12CaS. The maximum Gasteiger partial charge on any atom is 2.00 e. The second-order valence-corrected chi connectivity index (χ2v) is 2.77. The van der Waals surface area contributed by atoms with Crippen molar-refractivity contribution in [3.63, 3.8) is 0 Å². The fourth-order valence-corrected chi connectivity index (χ4v) is 0.944. The molecule has 0 N–H and O–H groups in total. The summed E-state index contributed by atoms with van der Waals surface area (Å²) in [5.41, 5.74) is 2.55. The van der Waals surface area contributed by atoms with Crippen LogP contribution in [-0.4, -0.2) is 37.7 Å². The van der Waals surface area contributed by atoms with Gasteiger partial charge in [-0.3, -0.25) is 0 Å². The van der Waals surface area contributed by atoms with Gasteiger partial charge in [-0.1, -0.05) is 17.7 Å². The zero-order valence-corrected chi connectivity index (χ0v) is 9.49. The quantitative estimate of drug-likeness (QED) is 0.460. The van der Waals surface area contributed by atoms with Gasteiger partial charge in [-0.15, -0.1) is 12.6 Å². The molecule has 0 unspecified atom stereocenters. The largest absolute Gasteiger partial charge is 2.00 e. The summed E-state index contributed by atoms with van der Waals surface area (Å²) in [4.78, 5) is 1.07. The molecule has 2 heteroatoms. The van der Waals surface area contributed by atoms with Crippen LogP contribution in [0.15, 0.2) is 23.1 Å². The van der Waals surface area contributed by atoms with Crippen LogP contribution in [0.5, 0.6) is 0 Å². The van der Waals surface area contributed by atoms with Crippen LogP contribution in [0.3, 0.4) is 0 Å². The van der Waals surface area contributed by atoms with E-state index in [-0.39, 0.29) is 40.6 Å². The van der Waals surface area contributed by atoms with Gasteiger partial charge in [0.2, 0.25) is 0 Å². The second-order valence-electron chi connectivity index (χ2n) is 2.29. The number of hydrogen-bond acceptors (Lipinski definition) is 1. The summed E-state index contributed by atoms with van der Waals surface area (Å²) in [6.45, 7) is 4.15. The van der Waals surface area contributed by atoms with Crippen LogP contribution in [0, 0.1) is 13.8 Å². The fourth-order valence-electron chi connectivity index (χ4n) is 0.805. The van der Waals surface area contributed by atoms with Crippen LogP contribution in [0.4, 0.5) is 0 Å². The maximum absolute atomic E-state index is 4.25. The number of thiol groups is 1. The zero-order chi connectivity index (χ0) is 6.85. The van der Waals surface area contributed by atoms with Gasteiger partial charge in [0, 0.05) is 4.90 Å². The normalized spacial score (nSPS) is 8.70. The Hall–Kier alpha value is 0.830. The molecule has 0 aromatic heterocycles. The van der Waals surface area contributed by atoms with Gasteiger partial charge in [0.1, 0.15) is 0 Å². The van der Waals surface area contributed by atoms with Crippen LogP contribution in [0.2, 0.25) is 0 Å². The van der Waals surface area contributed by atoms with Crippen molar-refractivity contribution in [3.05, 3.63) is 29.3 Å². The van der Waals surface area contributed by atoms with Gasteiger partial charge < -0.3 is 2.85 Å². The van der Waals surface area contributed by atoms with Crippen molar-refractivity contribution in [3.8, 4) is 0 Å². The van der Waals surface area contributed by atoms with Crippen molar-refractivity contribution in [2.24, 2.45) is 0 Å². The van der Waals surface area contributed by atoms with E-state index in [1.807, 2.05) is 6.07 Å². The molecule has 0 radical (unpaired) electrons. The van der Waals surface area contributed by atoms with E-state index in [1.54, 1.807) is 0 Å². The number of rotatable bonds is 0. The second kappa shape index (κ2) is 4.66. The molecule has 0 heterocycles. The average molecular weight is 180 g/mol. The van der Waals surface area contributed by atoms with E-state index in [1.165, 1.54) is 11.1 Å².